The minimum Gasteiger partial charge on any atom is -0.504 e. The summed E-state index contributed by atoms with van der Waals surface area (Å²) in [5.41, 5.74) is 1.72. The number of carbonyl (C=O) groups excluding carboxylic acids is 2. The first-order valence-corrected chi connectivity index (χ1v) is 15.5. The second-order valence-electron chi connectivity index (χ2n) is 10.8. The Bertz CT molecular complexity index is 1730. The van der Waals surface area contributed by atoms with Crippen molar-refractivity contribution >= 4 is 38.6 Å². The van der Waals surface area contributed by atoms with Crippen LogP contribution in [0.15, 0.2) is 71.6 Å². The van der Waals surface area contributed by atoms with E-state index in [1.807, 2.05) is 6.07 Å². The molecule has 0 bridgehead atoms. The molecule has 0 saturated heterocycles. The highest BCUT2D eigenvalue weighted by molar-refractivity contribution is 7.89. The Balaban J connectivity index is 1.61. The third-order valence-corrected chi connectivity index (χ3v) is 9.47. The largest absolute Gasteiger partial charge is 0.504 e. The van der Waals surface area contributed by atoms with Crippen molar-refractivity contribution in [1.29, 1.82) is 0 Å². The van der Waals surface area contributed by atoms with Gasteiger partial charge in [-0.3, -0.25) is 14.5 Å². The number of benzene rings is 3. The second-order valence-corrected chi connectivity index (χ2v) is 12.9. The standard InChI is InChI=1S/C30H34N6O6S/c1-34(2)43(41,42)23-15-13-22(14-16-23)36(28(39)19-35-25-11-7-6-10-24(25)32-33-35)29(20-12-17-26(37)27(38)18-20)30(40)31-21-8-4-3-5-9-21/h6-7,10-18,21,29,37-38H,3-5,8-9,19H2,1-2H3,(H,31,40)/t29-/m1/s1. The first-order chi connectivity index (χ1) is 20.6. The van der Waals surface area contributed by atoms with Crippen LogP contribution in [0.1, 0.15) is 43.7 Å². The molecule has 43 heavy (non-hydrogen) atoms. The number of nitrogens with one attached hydrogen (secondary N) is 1. The van der Waals surface area contributed by atoms with Crippen LogP contribution in [-0.2, 0) is 26.2 Å². The lowest BCUT2D eigenvalue weighted by Crippen LogP contribution is -2.48. The zero-order valence-corrected chi connectivity index (χ0v) is 24.7. The van der Waals surface area contributed by atoms with Crippen LogP contribution in [0.2, 0.25) is 0 Å². The lowest BCUT2D eigenvalue weighted by molar-refractivity contribution is -0.127. The number of aromatic hydroxyl groups is 2. The highest BCUT2D eigenvalue weighted by Gasteiger charge is 2.35. The Morgan fingerprint density at radius 1 is 0.977 bits per heavy atom. The number of nitrogens with zero attached hydrogens (tertiary/aromatic N) is 5. The summed E-state index contributed by atoms with van der Waals surface area (Å²) >= 11 is 0. The zero-order chi connectivity index (χ0) is 30.7. The third kappa shape index (κ3) is 6.32. The first-order valence-electron chi connectivity index (χ1n) is 14.0. The predicted octanol–water partition coefficient (Wildman–Crippen LogP) is 3.32. The Labute approximate surface area is 249 Å². The number of para-hydroxylation sites is 1. The smallest absolute Gasteiger partial charge is 0.249 e. The molecule has 4 aromatic rings. The number of carbonyl (C=O) groups is 2. The summed E-state index contributed by atoms with van der Waals surface area (Å²) in [4.78, 5) is 29.6. The minimum atomic E-state index is -3.76. The maximum absolute atomic E-state index is 14.2. The summed E-state index contributed by atoms with van der Waals surface area (Å²) in [5, 5.41) is 31.7. The molecule has 12 nitrogen and oxygen atoms in total. The molecule has 0 spiro atoms. The Kier molecular flexibility index (Phi) is 8.64. The molecule has 13 heteroatoms. The molecule has 1 aromatic heterocycles. The maximum atomic E-state index is 14.2. The van der Waals surface area contributed by atoms with Crippen LogP contribution in [0, 0.1) is 0 Å². The Hall–Kier alpha value is -4.49. The number of anilines is 1. The van der Waals surface area contributed by atoms with Gasteiger partial charge in [-0.05, 0) is 66.9 Å². The first kappa shape index (κ1) is 30.0. The monoisotopic (exact) mass is 606 g/mol. The van der Waals surface area contributed by atoms with E-state index in [1.54, 1.807) is 18.2 Å². The molecule has 1 aliphatic carbocycles. The molecule has 3 aromatic carbocycles. The molecule has 5 rings (SSSR count). The molecule has 226 valence electrons. The average molecular weight is 607 g/mol. The lowest BCUT2D eigenvalue weighted by Gasteiger charge is -2.33. The summed E-state index contributed by atoms with van der Waals surface area (Å²) in [6.07, 6.45) is 4.63. The minimum absolute atomic E-state index is 0.0152. The van der Waals surface area contributed by atoms with Crippen LogP contribution >= 0.6 is 0 Å². The van der Waals surface area contributed by atoms with E-state index in [4.69, 9.17) is 0 Å². The molecule has 1 heterocycles. The average Bonchev–Trinajstić information content (AvgIpc) is 3.40. The van der Waals surface area contributed by atoms with Gasteiger partial charge in [-0.2, -0.15) is 0 Å². The van der Waals surface area contributed by atoms with Crippen molar-refractivity contribution < 1.29 is 28.2 Å². The van der Waals surface area contributed by atoms with E-state index >= 15 is 0 Å². The number of phenols is 2. The number of sulfonamides is 1. The van der Waals surface area contributed by atoms with Crippen LogP contribution in [0.25, 0.3) is 11.0 Å². The predicted molar refractivity (Wildman–Crippen MR) is 160 cm³/mol. The van der Waals surface area contributed by atoms with Gasteiger partial charge >= 0.3 is 0 Å². The van der Waals surface area contributed by atoms with Crippen LogP contribution in [0.4, 0.5) is 5.69 Å². The van der Waals surface area contributed by atoms with Gasteiger partial charge < -0.3 is 15.5 Å². The molecule has 1 aliphatic rings. The topological polar surface area (TPSA) is 158 Å². The second kappa shape index (κ2) is 12.4. The fourth-order valence-electron chi connectivity index (χ4n) is 5.32. The molecule has 1 fully saturated rings. The van der Waals surface area contributed by atoms with Crippen molar-refractivity contribution in [2.24, 2.45) is 0 Å². The van der Waals surface area contributed by atoms with Gasteiger partial charge in [0.15, 0.2) is 11.5 Å². The Morgan fingerprint density at radius 2 is 1.67 bits per heavy atom. The van der Waals surface area contributed by atoms with E-state index in [9.17, 15) is 28.2 Å². The van der Waals surface area contributed by atoms with Crippen molar-refractivity contribution in [3.8, 4) is 11.5 Å². The highest BCUT2D eigenvalue weighted by atomic mass is 32.2. The number of amides is 2. The number of rotatable bonds is 9. The van der Waals surface area contributed by atoms with Crippen molar-refractivity contribution in [3.05, 3.63) is 72.3 Å². The summed E-state index contributed by atoms with van der Waals surface area (Å²) in [6.45, 7) is -0.282. The fourth-order valence-corrected chi connectivity index (χ4v) is 6.22. The van der Waals surface area contributed by atoms with E-state index in [1.165, 1.54) is 66.1 Å². The van der Waals surface area contributed by atoms with Crippen LogP contribution in [0.5, 0.6) is 11.5 Å². The molecule has 1 saturated carbocycles. The van der Waals surface area contributed by atoms with E-state index in [0.717, 1.165) is 36.4 Å². The quantitative estimate of drug-likeness (QED) is 0.245. The fraction of sp³-hybridized carbons (Fsp3) is 0.333. The molecule has 0 aliphatic heterocycles. The van der Waals surface area contributed by atoms with E-state index in [2.05, 4.69) is 15.6 Å². The van der Waals surface area contributed by atoms with Gasteiger partial charge in [-0.1, -0.05) is 42.7 Å². The molecule has 2 amide bonds. The SMILES string of the molecule is CN(C)S(=O)(=O)c1ccc(N(C(=O)Cn2nnc3ccccc32)[C@@H](C(=O)NC2CCCCC2)c2ccc(O)c(O)c2)cc1. The van der Waals surface area contributed by atoms with Gasteiger partial charge in [0.2, 0.25) is 21.8 Å². The molecule has 0 unspecified atom stereocenters. The number of aromatic nitrogens is 3. The van der Waals surface area contributed by atoms with Crippen molar-refractivity contribution in [1.82, 2.24) is 24.6 Å². The van der Waals surface area contributed by atoms with Gasteiger partial charge in [0, 0.05) is 25.8 Å². The van der Waals surface area contributed by atoms with Gasteiger partial charge in [0.05, 0.1) is 10.4 Å². The Morgan fingerprint density at radius 3 is 2.35 bits per heavy atom. The summed E-state index contributed by atoms with van der Waals surface area (Å²) < 4.78 is 28.0. The molecule has 1 atom stereocenters. The molecule has 3 N–H and O–H groups in total. The number of fused-ring (bicyclic) bond motifs is 1. The van der Waals surface area contributed by atoms with Gasteiger partial charge in [0.25, 0.3) is 0 Å². The summed E-state index contributed by atoms with van der Waals surface area (Å²) in [6, 6.07) is 15.5. The summed E-state index contributed by atoms with van der Waals surface area (Å²) in [7, 11) is -0.914. The third-order valence-electron chi connectivity index (χ3n) is 7.64. The van der Waals surface area contributed by atoms with Gasteiger partial charge in [0.1, 0.15) is 18.1 Å². The number of phenolic OH excluding ortho intramolecular Hbond substituents is 2. The highest BCUT2D eigenvalue weighted by Crippen LogP contribution is 2.34. The normalized spacial score (nSPS) is 15.0. The van der Waals surface area contributed by atoms with E-state index < -0.39 is 33.6 Å². The van der Waals surface area contributed by atoms with E-state index in [0.29, 0.717) is 11.0 Å². The van der Waals surface area contributed by atoms with Crippen LogP contribution in [-0.4, -0.2) is 69.9 Å². The number of hydrogen-bond donors (Lipinski definition) is 3. The molecular formula is C30H34N6O6S. The van der Waals surface area contributed by atoms with Crippen LogP contribution < -0.4 is 10.2 Å². The van der Waals surface area contributed by atoms with Crippen LogP contribution in [0.3, 0.4) is 0 Å². The molecular weight excluding hydrogens is 572 g/mol. The van der Waals surface area contributed by atoms with Crippen molar-refractivity contribution in [2.45, 2.75) is 55.6 Å². The number of hydrogen-bond acceptors (Lipinski definition) is 8. The van der Waals surface area contributed by atoms with E-state index in [-0.39, 0.29) is 34.5 Å². The van der Waals surface area contributed by atoms with Crippen molar-refractivity contribution in [2.75, 3.05) is 19.0 Å². The van der Waals surface area contributed by atoms with Gasteiger partial charge in [-0.25, -0.2) is 17.4 Å². The maximum Gasteiger partial charge on any atom is 0.249 e. The molecule has 0 radical (unpaired) electrons. The van der Waals surface area contributed by atoms with Crippen molar-refractivity contribution in [3.63, 3.8) is 0 Å². The zero-order valence-electron chi connectivity index (χ0n) is 23.9. The lowest BCUT2D eigenvalue weighted by atomic mass is 9.94. The van der Waals surface area contributed by atoms with Gasteiger partial charge in [-0.15, -0.1) is 5.10 Å². The summed E-state index contributed by atoms with van der Waals surface area (Å²) in [5.74, 6) is -1.83.